The molecule has 0 aliphatic heterocycles. The number of fused-ring (bicyclic) bond motifs is 1. The summed E-state index contributed by atoms with van der Waals surface area (Å²) in [4.78, 5) is 37.9. The Morgan fingerprint density at radius 3 is 2.15 bits per heavy atom. The van der Waals surface area contributed by atoms with Crippen molar-refractivity contribution in [2.75, 3.05) is 27.9 Å². The highest BCUT2D eigenvalue weighted by atomic mass is 16.5. The summed E-state index contributed by atoms with van der Waals surface area (Å²) in [6, 6.07) is 21.0. The zero-order valence-electron chi connectivity index (χ0n) is 23.0. The summed E-state index contributed by atoms with van der Waals surface area (Å²) in [5.74, 6) is -0.379. The van der Waals surface area contributed by atoms with Crippen LogP contribution < -0.4 is 29.7 Å². The number of hydrogen-bond acceptors (Lipinski definition) is 8. The summed E-state index contributed by atoms with van der Waals surface area (Å²) in [6.45, 7) is 1.58. The number of ether oxygens (including phenoxy) is 4. The van der Waals surface area contributed by atoms with Crippen molar-refractivity contribution in [2.24, 2.45) is 5.10 Å². The van der Waals surface area contributed by atoms with Gasteiger partial charge >= 0.3 is 5.97 Å². The van der Waals surface area contributed by atoms with Crippen LogP contribution in [0.2, 0.25) is 0 Å². The Morgan fingerprint density at radius 1 is 0.805 bits per heavy atom. The van der Waals surface area contributed by atoms with Crippen molar-refractivity contribution >= 4 is 34.8 Å². The third-order valence-corrected chi connectivity index (χ3v) is 6.14. The number of nitrogens with one attached hydrogen (secondary N) is 2. The maximum atomic E-state index is 12.8. The number of rotatable bonds is 10. The van der Waals surface area contributed by atoms with Crippen LogP contribution >= 0.6 is 0 Å². The van der Waals surface area contributed by atoms with E-state index in [1.165, 1.54) is 39.7 Å². The number of aryl methyl sites for hydroxylation is 1. The molecular weight excluding hydrogens is 526 g/mol. The van der Waals surface area contributed by atoms with E-state index in [2.05, 4.69) is 15.8 Å². The third-order valence-electron chi connectivity index (χ3n) is 6.14. The number of amides is 2. The van der Waals surface area contributed by atoms with Crippen LogP contribution in [0.4, 0.5) is 0 Å². The Morgan fingerprint density at radius 2 is 1.49 bits per heavy atom. The molecule has 0 saturated heterocycles. The summed E-state index contributed by atoms with van der Waals surface area (Å²) in [6.07, 6.45) is 1.40. The molecule has 10 nitrogen and oxygen atoms in total. The van der Waals surface area contributed by atoms with Gasteiger partial charge in [-0.1, -0.05) is 48.0 Å². The second kappa shape index (κ2) is 13.1. The highest BCUT2D eigenvalue weighted by molar-refractivity contribution is 6.04. The predicted molar refractivity (Wildman–Crippen MR) is 154 cm³/mol. The Labute approximate surface area is 236 Å². The number of benzene rings is 4. The van der Waals surface area contributed by atoms with Gasteiger partial charge in [0.05, 0.1) is 39.7 Å². The molecule has 0 saturated carbocycles. The fourth-order valence-corrected chi connectivity index (χ4v) is 4.03. The molecule has 0 aliphatic rings. The molecule has 41 heavy (non-hydrogen) atoms. The SMILES string of the molecule is COc1cc(C(=O)NCC(=O)NN=Cc2c(OC(=O)c3ccc(C)cc3)ccc3ccccc23)cc(OC)c1OC. The van der Waals surface area contributed by atoms with E-state index in [1.807, 2.05) is 49.4 Å². The smallest absolute Gasteiger partial charge is 0.343 e. The summed E-state index contributed by atoms with van der Waals surface area (Å²) < 4.78 is 21.5. The minimum absolute atomic E-state index is 0.214. The van der Waals surface area contributed by atoms with Crippen LogP contribution in [-0.2, 0) is 4.79 Å². The van der Waals surface area contributed by atoms with Crippen LogP contribution in [0.3, 0.4) is 0 Å². The zero-order chi connectivity index (χ0) is 29.4. The molecule has 0 atom stereocenters. The number of hydrazone groups is 1. The molecule has 2 N–H and O–H groups in total. The molecule has 4 aromatic rings. The standard InChI is InChI=1S/C31H29N3O7/c1-19-9-11-21(12-10-19)31(37)41-25-14-13-20-7-5-6-8-23(20)24(25)17-33-34-28(35)18-32-30(36)22-15-26(38-2)29(40-4)27(16-22)39-3/h5-17H,18H2,1-4H3,(H,32,36)(H,34,35). The monoisotopic (exact) mass is 555 g/mol. The topological polar surface area (TPSA) is 125 Å². The molecule has 0 aliphatic carbocycles. The Kier molecular flexibility index (Phi) is 9.16. The minimum atomic E-state index is -0.569. The molecule has 0 heterocycles. The van der Waals surface area contributed by atoms with Crippen LogP contribution in [0.1, 0.15) is 31.8 Å². The lowest BCUT2D eigenvalue weighted by Crippen LogP contribution is -2.35. The van der Waals surface area contributed by atoms with Gasteiger partial charge in [0.2, 0.25) is 5.75 Å². The van der Waals surface area contributed by atoms with Crippen molar-refractivity contribution in [1.82, 2.24) is 10.7 Å². The van der Waals surface area contributed by atoms with Gasteiger partial charge in [-0.15, -0.1) is 0 Å². The van der Waals surface area contributed by atoms with E-state index in [0.717, 1.165) is 16.3 Å². The molecule has 0 unspecified atom stereocenters. The number of nitrogens with zero attached hydrogens (tertiary/aromatic N) is 1. The molecule has 10 heteroatoms. The number of carbonyl (C=O) groups is 3. The second-order valence-corrected chi connectivity index (χ2v) is 8.84. The summed E-state index contributed by atoms with van der Waals surface area (Å²) >= 11 is 0. The van der Waals surface area contributed by atoms with Gasteiger partial charge in [-0.05, 0) is 48.0 Å². The normalized spacial score (nSPS) is 10.7. The van der Waals surface area contributed by atoms with E-state index in [0.29, 0.717) is 28.4 Å². The first-order valence-electron chi connectivity index (χ1n) is 12.5. The summed E-state index contributed by atoms with van der Waals surface area (Å²) in [5.41, 5.74) is 4.54. The van der Waals surface area contributed by atoms with E-state index in [4.69, 9.17) is 18.9 Å². The molecular formula is C31H29N3O7. The summed E-state index contributed by atoms with van der Waals surface area (Å²) in [5, 5.41) is 8.25. The number of hydrogen-bond donors (Lipinski definition) is 2. The van der Waals surface area contributed by atoms with Crippen LogP contribution in [-0.4, -0.2) is 51.9 Å². The highest BCUT2D eigenvalue weighted by Crippen LogP contribution is 2.38. The maximum Gasteiger partial charge on any atom is 0.343 e. The second-order valence-electron chi connectivity index (χ2n) is 8.84. The summed E-state index contributed by atoms with van der Waals surface area (Å²) in [7, 11) is 4.34. The highest BCUT2D eigenvalue weighted by Gasteiger charge is 2.18. The van der Waals surface area contributed by atoms with Gasteiger partial charge in [0.1, 0.15) is 5.75 Å². The molecule has 0 spiro atoms. The number of methoxy groups -OCH3 is 3. The molecule has 210 valence electrons. The zero-order valence-corrected chi connectivity index (χ0v) is 23.0. The van der Waals surface area contributed by atoms with Crippen molar-refractivity contribution < 1.29 is 33.3 Å². The molecule has 4 aromatic carbocycles. The van der Waals surface area contributed by atoms with E-state index in [9.17, 15) is 14.4 Å². The maximum absolute atomic E-state index is 12.8. The van der Waals surface area contributed by atoms with Crippen molar-refractivity contribution in [1.29, 1.82) is 0 Å². The van der Waals surface area contributed by atoms with Crippen molar-refractivity contribution in [3.8, 4) is 23.0 Å². The van der Waals surface area contributed by atoms with E-state index >= 15 is 0 Å². The molecule has 0 radical (unpaired) electrons. The first-order chi connectivity index (χ1) is 19.8. The minimum Gasteiger partial charge on any atom is -0.493 e. The Hall–Kier alpha value is -5.38. The molecule has 4 rings (SSSR count). The van der Waals surface area contributed by atoms with Gasteiger partial charge < -0.3 is 24.3 Å². The first kappa shape index (κ1) is 28.6. The van der Waals surface area contributed by atoms with E-state index < -0.39 is 17.8 Å². The molecule has 0 bridgehead atoms. The van der Waals surface area contributed by atoms with Crippen LogP contribution in [0.25, 0.3) is 10.8 Å². The van der Waals surface area contributed by atoms with Gasteiger partial charge in [0.15, 0.2) is 11.5 Å². The first-order valence-corrected chi connectivity index (χ1v) is 12.5. The lowest BCUT2D eigenvalue weighted by Gasteiger charge is -2.14. The van der Waals surface area contributed by atoms with Gasteiger partial charge in [-0.3, -0.25) is 9.59 Å². The van der Waals surface area contributed by atoms with Crippen molar-refractivity contribution in [2.45, 2.75) is 6.92 Å². The third kappa shape index (κ3) is 6.80. The van der Waals surface area contributed by atoms with Crippen LogP contribution in [0.5, 0.6) is 23.0 Å². The Bertz CT molecular complexity index is 1590. The number of esters is 1. The average Bonchev–Trinajstić information content (AvgIpc) is 3.00. The molecule has 0 aromatic heterocycles. The predicted octanol–water partition coefficient (Wildman–Crippen LogP) is 4.27. The lowest BCUT2D eigenvalue weighted by molar-refractivity contribution is -0.120. The van der Waals surface area contributed by atoms with Crippen LogP contribution in [0, 0.1) is 6.92 Å². The van der Waals surface area contributed by atoms with Gasteiger partial charge in [-0.2, -0.15) is 5.10 Å². The average molecular weight is 556 g/mol. The fourth-order valence-electron chi connectivity index (χ4n) is 4.03. The number of carbonyl (C=O) groups excluding carboxylic acids is 3. The lowest BCUT2D eigenvalue weighted by atomic mass is 10.0. The van der Waals surface area contributed by atoms with Gasteiger partial charge in [0.25, 0.3) is 11.8 Å². The van der Waals surface area contributed by atoms with Crippen LogP contribution in [0.15, 0.2) is 77.9 Å². The fraction of sp³-hybridized carbons (Fsp3) is 0.161. The van der Waals surface area contributed by atoms with Crippen molar-refractivity contribution in [3.63, 3.8) is 0 Å². The molecule has 0 fully saturated rings. The van der Waals surface area contributed by atoms with Crippen molar-refractivity contribution in [3.05, 3.63) is 95.1 Å². The quantitative estimate of drug-likeness (QED) is 0.130. The van der Waals surface area contributed by atoms with E-state index in [-0.39, 0.29) is 17.9 Å². The Balaban J connectivity index is 1.46. The largest absolute Gasteiger partial charge is 0.493 e. The van der Waals surface area contributed by atoms with Gasteiger partial charge in [0, 0.05) is 11.1 Å². The molecule has 2 amide bonds. The van der Waals surface area contributed by atoms with E-state index in [1.54, 1.807) is 18.2 Å². The van der Waals surface area contributed by atoms with Gasteiger partial charge in [-0.25, -0.2) is 10.2 Å².